The molecule has 0 amide bonds. The van der Waals surface area contributed by atoms with Crippen molar-refractivity contribution in [1.82, 2.24) is 15.1 Å². The molecule has 0 N–H and O–H groups in total. The Morgan fingerprint density at radius 1 is 1.30 bits per heavy atom. The van der Waals surface area contributed by atoms with Gasteiger partial charge in [0, 0.05) is 22.4 Å². The molecule has 0 spiro atoms. The van der Waals surface area contributed by atoms with Gasteiger partial charge in [0.2, 0.25) is 5.82 Å². The van der Waals surface area contributed by atoms with Crippen molar-refractivity contribution in [2.24, 2.45) is 0 Å². The predicted octanol–water partition coefficient (Wildman–Crippen LogP) is 4.86. The maximum Gasteiger partial charge on any atom is 0.264 e. The summed E-state index contributed by atoms with van der Waals surface area (Å²) in [5.74, 6) is 1.45. The van der Waals surface area contributed by atoms with Crippen molar-refractivity contribution in [3.63, 3.8) is 0 Å². The molecule has 2 aromatic heterocycles. The zero-order valence-corrected chi connectivity index (χ0v) is 15.2. The minimum absolute atomic E-state index is 0. The number of benzene rings is 1. The highest BCUT2D eigenvalue weighted by molar-refractivity contribution is 9.10. The van der Waals surface area contributed by atoms with Gasteiger partial charge in [-0.05, 0) is 36.8 Å². The first-order valence-corrected chi connectivity index (χ1v) is 7.62. The lowest BCUT2D eigenvalue weighted by molar-refractivity contribution is 0.243. The van der Waals surface area contributed by atoms with Crippen molar-refractivity contribution in [2.45, 2.75) is 13.5 Å². The molecule has 120 valence electrons. The van der Waals surface area contributed by atoms with Gasteiger partial charge in [-0.2, -0.15) is 4.98 Å². The van der Waals surface area contributed by atoms with Gasteiger partial charge in [0.25, 0.3) is 5.89 Å². The first kappa shape index (κ1) is 17.7. The second kappa shape index (κ2) is 7.77. The quantitative estimate of drug-likeness (QED) is 0.607. The van der Waals surface area contributed by atoms with Crippen molar-refractivity contribution in [3.8, 4) is 17.1 Å². The lowest BCUT2D eigenvalue weighted by Crippen LogP contribution is -1.96. The normalized spacial score (nSPS) is 10.2. The van der Waals surface area contributed by atoms with Crippen LogP contribution in [0.25, 0.3) is 11.4 Å². The molecule has 8 heteroatoms. The van der Waals surface area contributed by atoms with Crippen LogP contribution < -0.4 is 4.74 Å². The van der Waals surface area contributed by atoms with E-state index in [1.54, 1.807) is 24.5 Å². The molecular formula is C15H12BrCl2N3O2. The standard InChI is InChI=1S/C15H11BrClN3O2.ClH/c1-9-7-18-5-4-11(9)15-19-14(22-20-15)8-21-13-3-2-10(16)6-12(13)17;/h2-7H,8H2,1H3;1H. The van der Waals surface area contributed by atoms with Crippen LogP contribution in [0.5, 0.6) is 5.75 Å². The van der Waals surface area contributed by atoms with Crippen LogP contribution >= 0.6 is 39.9 Å². The highest BCUT2D eigenvalue weighted by atomic mass is 79.9. The summed E-state index contributed by atoms with van der Waals surface area (Å²) in [6.07, 6.45) is 3.44. The van der Waals surface area contributed by atoms with E-state index in [2.05, 4.69) is 31.1 Å². The molecule has 0 bridgehead atoms. The van der Waals surface area contributed by atoms with Crippen molar-refractivity contribution < 1.29 is 9.26 Å². The fourth-order valence-corrected chi connectivity index (χ4v) is 2.61. The first-order chi connectivity index (χ1) is 10.6. The summed E-state index contributed by atoms with van der Waals surface area (Å²) >= 11 is 9.43. The molecule has 3 aromatic rings. The maximum atomic E-state index is 6.09. The van der Waals surface area contributed by atoms with Gasteiger partial charge < -0.3 is 9.26 Å². The Morgan fingerprint density at radius 3 is 2.87 bits per heavy atom. The number of hydrogen-bond donors (Lipinski definition) is 0. The Morgan fingerprint density at radius 2 is 2.13 bits per heavy atom. The lowest BCUT2D eigenvalue weighted by atomic mass is 10.1. The molecule has 5 nitrogen and oxygen atoms in total. The molecule has 23 heavy (non-hydrogen) atoms. The number of rotatable bonds is 4. The molecule has 2 heterocycles. The van der Waals surface area contributed by atoms with Crippen molar-refractivity contribution in [1.29, 1.82) is 0 Å². The molecule has 1 aromatic carbocycles. The number of nitrogens with zero attached hydrogens (tertiary/aromatic N) is 3. The number of ether oxygens (including phenoxy) is 1. The number of hydrogen-bond acceptors (Lipinski definition) is 5. The zero-order valence-electron chi connectivity index (χ0n) is 12.0. The van der Waals surface area contributed by atoms with E-state index in [-0.39, 0.29) is 19.0 Å². The van der Waals surface area contributed by atoms with Gasteiger partial charge in [-0.3, -0.25) is 4.98 Å². The Bertz CT molecular complexity index is 811. The lowest BCUT2D eigenvalue weighted by Gasteiger charge is -2.05. The van der Waals surface area contributed by atoms with Crippen molar-refractivity contribution >= 4 is 39.9 Å². The second-order valence-electron chi connectivity index (χ2n) is 4.57. The molecule has 0 aliphatic heterocycles. The highest BCUT2D eigenvalue weighted by Gasteiger charge is 2.12. The Kier molecular flexibility index (Phi) is 5.98. The van der Waals surface area contributed by atoms with Gasteiger partial charge in [0.1, 0.15) is 5.75 Å². The van der Waals surface area contributed by atoms with Crippen molar-refractivity contribution in [3.05, 3.63) is 57.6 Å². The van der Waals surface area contributed by atoms with Gasteiger partial charge in [0.05, 0.1) is 5.02 Å². The molecule has 0 atom stereocenters. The van der Waals surface area contributed by atoms with Gasteiger partial charge in [-0.1, -0.05) is 32.7 Å². The van der Waals surface area contributed by atoms with Crippen LogP contribution in [0.15, 0.2) is 45.7 Å². The third-order valence-electron chi connectivity index (χ3n) is 2.97. The Balaban J connectivity index is 0.00000192. The molecule has 0 saturated heterocycles. The van der Waals surface area contributed by atoms with Crippen LogP contribution in [0.3, 0.4) is 0 Å². The third kappa shape index (κ3) is 4.22. The number of pyridine rings is 1. The van der Waals surface area contributed by atoms with Crippen LogP contribution in [0.2, 0.25) is 5.02 Å². The van der Waals surface area contributed by atoms with Gasteiger partial charge in [-0.25, -0.2) is 0 Å². The Hall–Kier alpha value is -1.63. The average Bonchev–Trinajstić information content (AvgIpc) is 2.95. The minimum atomic E-state index is 0. The molecule has 0 fully saturated rings. The topological polar surface area (TPSA) is 61.0 Å². The molecule has 3 rings (SSSR count). The van der Waals surface area contributed by atoms with Gasteiger partial charge >= 0.3 is 0 Å². The fraction of sp³-hybridized carbons (Fsp3) is 0.133. The van der Waals surface area contributed by atoms with E-state index in [4.69, 9.17) is 20.9 Å². The number of halogens is 3. The van der Waals surface area contributed by atoms with Crippen LogP contribution in [0.1, 0.15) is 11.5 Å². The fourth-order valence-electron chi connectivity index (χ4n) is 1.88. The molecule has 0 aliphatic carbocycles. The van der Waals surface area contributed by atoms with E-state index >= 15 is 0 Å². The van der Waals surface area contributed by atoms with Crippen LogP contribution in [0, 0.1) is 6.92 Å². The second-order valence-corrected chi connectivity index (χ2v) is 5.89. The van der Waals surface area contributed by atoms with E-state index in [0.717, 1.165) is 15.6 Å². The van der Waals surface area contributed by atoms with E-state index in [1.165, 1.54) is 0 Å². The first-order valence-electron chi connectivity index (χ1n) is 6.45. The summed E-state index contributed by atoms with van der Waals surface area (Å²) in [5, 5.41) is 4.47. The summed E-state index contributed by atoms with van der Waals surface area (Å²) in [6, 6.07) is 7.23. The van der Waals surface area contributed by atoms with Crippen LogP contribution in [0.4, 0.5) is 0 Å². The predicted molar refractivity (Wildman–Crippen MR) is 93.0 cm³/mol. The summed E-state index contributed by atoms with van der Waals surface area (Å²) in [4.78, 5) is 8.36. The monoisotopic (exact) mass is 415 g/mol. The molecule has 0 unspecified atom stereocenters. The average molecular weight is 417 g/mol. The highest BCUT2D eigenvalue weighted by Crippen LogP contribution is 2.28. The Labute approximate surface area is 152 Å². The number of aryl methyl sites for hydroxylation is 1. The third-order valence-corrected chi connectivity index (χ3v) is 3.76. The van der Waals surface area contributed by atoms with E-state index in [0.29, 0.717) is 22.5 Å². The van der Waals surface area contributed by atoms with E-state index in [9.17, 15) is 0 Å². The summed E-state index contributed by atoms with van der Waals surface area (Å²) in [7, 11) is 0. The smallest absolute Gasteiger partial charge is 0.264 e. The molecule has 0 aliphatic rings. The summed E-state index contributed by atoms with van der Waals surface area (Å²) in [6.45, 7) is 2.09. The van der Waals surface area contributed by atoms with Crippen molar-refractivity contribution in [2.75, 3.05) is 0 Å². The molecular weight excluding hydrogens is 405 g/mol. The van der Waals surface area contributed by atoms with Crippen LogP contribution in [-0.4, -0.2) is 15.1 Å². The summed E-state index contributed by atoms with van der Waals surface area (Å²) < 4.78 is 11.7. The summed E-state index contributed by atoms with van der Waals surface area (Å²) in [5.41, 5.74) is 1.86. The SMILES string of the molecule is Cc1cnccc1-c1noc(COc2ccc(Br)cc2Cl)n1.Cl. The molecule has 0 saturated carbocycles. The molecule has 0 radical (unpaired) electrons. The largest absolute Gasteiger partial charge is 0.482 e. The van der Waals surface area contributed by atoms with E-state index in [1.807, 2.05) is 19.1 Å². The maximum absolute atomic E-state index is 6.09. The number of aromatic nitrogens is 3. The van der Waals surface area contributed by atoms with Gasteiger partial charge in [0.15, 0.2) is 6.61 Å². The zero-order chi connectivity index (χ0) is 15.5. The van der Waals surface area contributed by atoms with Gasteiger partial charge in [-0.15, -0.1) is 12.4 Å². The van der Waals surface area contributed by atoms with E-state index < -0.39 is 0 Å². The van der Waals surface area contributed by atoms with Crippen LogP contribution in [-0.2, 0) is 6.61 Å². The minimum Gasteiger partial charge on any atom is -0.482 e.